The Kier molecular flexibility index (Phi) is 3.54. The lowest BCUT2D eigenvalue weighted by molar-refractivity contribution is 0.121. The zero-order chi connectivity index (χ0) is 10.7. The molecule has 2 nitrogen and oxygen atoms in total. The number of nitrogens with one attached hydrogen (secondary N) is 1. The van der Waals surface area contributed by atoms with E-state index < -0.39 is 0 Å². The van der Waals surface area contributed by atoms with Crippen LogP contribution in [0.5, 0.6) is 0 Å². The van der Waals surface area contributed by atoms with Gasteiger partial charge in [0, 0.05) is 17.2 Å². The molecular formula is C12H17NOS. The molecule has 1 heterocycles. The maximum Gasteiger partial charge on any atom is 0.0748 e. The summed E-state index contributed by atoms with van der Waals surface area (Å²) in [5, 5.41) is 3.53. The lowest BCUT2D eigenvalue weighted by Crippen LogP contribution is -2.26. The topological polar surface area (TPSA) is 21.3 Å². The van der Waals surface area contributed by atoms with Gasteiger partial charge in [-0.15, -0.1) is 11.8 Å². The Balaban J connectivity index is 2.03. The smallest absolute Gasteiger partial charge is 0.0748 e. The molecule has 15 heavy (non-hydrogen) atoms. The largest absolute Gasteiger partial charge is 0.380 e. The number of hydrogen-bond acceptors (Lipinski definition) is 3. The van der Waals surface area contributed by atoms with Gasteiger partial charge in [-0.1, -0.05) is 6.07 Å². The molecule has 1 aliphatic heterocycles. The molecule has 1 N–H and O–H groups in total. The lowest BCUT2D eigenvalue weighted by Gasteiger charge is -2.17. The average molecular weight is 223 g/mol. The Bertz CT molecular complexity index is 329. The molecule has 1 aliphatic rings. The highest BCUT2D eigenvalue weighted by Gasteiger charge is 2.23. The van der Waals surface area contributed by atoms with Gasteiger partial charge in [-0.3, -0.25) is 0 Å². The van der Waals surface area contributed by atoms with Crippen LogP contribution in [0.25, 0.3) is 0 Å². The minimum Gasteiger partial charge on any atom is -0.380 e. The predicted molar refractivity (Wildman–Crippen MR) is 65.7 cm³/mol. The van der Waals surface area contributed by atoms with Crippen molar-refractivity contribution in [3.63, 3.8) is 0 Å². The number of hydrogen-bond donors (Lipinski definition) is 1. The predicted octanol–water partition coefficient (Wildman–Crippen LogP) is 3.00. The van der Waals surface area contributed by atoms with E-state index in [1.807, 2.05) is 0 Å². The summed E-state index contributed by atoms with van der Waals surface area (Å²) in [5.41, 5.74) is 1.20. The Labute approximate surface area is 95.4 Å². The van der Waals surface area contributed by atoms with Crippen molar-refractivity contribution in [3.05, 3.63) is 24.3 Å². The molecule has 1 aromatic carbocycles. The molecule has 1 aromatic rings. The fourth-order valence-corrected chi connectivity index (χ4v) is 2.31. The van der Waals surface area contributed by atoms with Gasteiger partial charge >= 0.3 is 0 Å². The van der Waals surface area contributed by atoms with Crippen LogP contribution in [0.15, 0.2) is 29.2 Å². The Morgan fingerprint density at radius 2 is 2.33 bits per heavy atom. The summed E-state index contributed by atoms with van der Waals surface area (Å²) in [7, 11) is 0. The van der Waals surface area contributed by atoms with Crippen LogP contribution in [0.2, 0.25) is 0 Å². The first kappa shape index (κ1) is 10.8. The Morgan fingerprint density at radius 3 is 3.00 bits per heavy atom. The fraction of sp³-hybridized carbons (Fsp3) is 0.500. The first-order valence-corrected chi connectivity index (χ1v) is 6.54. The van der Waals surface area contributed by atoms with Gasteiger partial charge in [-0.05, 0) is 37.8 Å². The zero-order valence-electron chi connectivity index (χ0n) is 9.19. The zero-order valence-corrected chi connectivity index (χ0v) is 10.0. The number of anilines is 1. The molecule has 0 amide bonds. The molecule has 1 saturated heterocycles. The van der Waals surface area contributed by atoms with E-state index in [0.717, 1.165) is 13.0 Å². The van der Waals surface area contributed by atoms with Crippen LogP contribution >= 0.6 is 11.8 Å². The molecule has 3 heteroatoms. The van der Waals surface area contributed by atoms with E-state index >= 15 is 0 Å². The monoisotopic (exact) mass is 223 g/mol. The first-order chi connectivity index (χ1) is 7.29. The Morgan fingerprint density at radius 1 is 1.47 bits per heavy atom. The SMILES string of the molecule is CSc1cccc(N[C@@H]2CCO[C@@H]2C)c1. The second-order valence-electron chi connectivity index (χ2n) is 3.85. The molecule has 0 bridgehead atoms. The maximum absolute atomic E-state index is 5.53. The highest BCUT2D eigenvalue weighted by Crippen LogP contribution is 2.22. The average Bonchev–Trinajstić information content (AvgIpc) is 2.65. The molecule has 0 unspecified atom stereocenters. The third kappa shape index (κ3) is 2.67. The molecule has 82 valence electrons. The molecule has 0 radical (unpaired) electrons. The molecule has 0 aliphatic carbocycles. The summed E-state index contributed by atoms with van der Waals surface area (Å²) in [6, 6.07) is 8.99. The minimum atomic E-state index is 0.322. The van der Waals surface area contributed by atoms with Crippen molar-refractivity contribution in [2.24, 2.45) is 0 Å². The van der Waals surface area contributed by atoms with Crippen molar-refractivity contribution >= 4 is 17.4 Å². The standard InChI is InChI=1S/C12H17NOS/c1-9-12(6-7-14-9)13-10-4-3-5-11(8-10)15-2/h3-5,8-9,12-13H,6-7H2,1-2H3/t9-,12-/m1/s1. The second-order valence-corrected chi connectivity index (χ2v) is 4.73. The van der Waals surface area contributed by atoms with Crippen molar-refractivity contribution in [2.75, 3.05) is 18.2 Å². The summed E-state index contributed by atoms with van der Waals surface area (Å²) in [6.45, 7) is 3.00. The number of benzene rings is 1. The van der Waals surface area contributed by atoms with Crippen LogP contribution in [0.4, 0.5) is 5.69 Å². The summed E-state index contributed by atoms with van der Waals surface area (Å²) in [5.74, 6) is 0. The van der Waals surface area contributed by atoms with E-state index in [0.29, 0.717) is 12.1 Å². The van der Waals surface area contributed by atoms with Crippen molar-refractivity contribution < 1.29 is 4.74 Å². The molecule has 0 spiro atoms. The quantitative estimate of drug-likeness (QED) is 0.796. The van der Waals surface area contributed by atoms with E-state index in [2.05, 4.69) is 42.8 Å². The van der Waals surface area contributed by atoms with Crippen molar-refractivity contribution in [3.8, 4) is 0 Å². The summed E-state index contributed by atoms with van der Waals surface area (Å²) in [4.78, 5) is 1.30. The van der Waals surface area contributed by atoms with Crippen molar-refractivity contribution in [1.82, 2.24) is 0 Å². The van der Waals surface area contributed by atoms with Crippen molar-refractivity contribution in [2.45, 2.75) is 30.4 Å². The van der Waals surface area contributed by atoms with Gasteiger partial charge in [0.05, 0.1) is 12.1 Å². The number of rotatable bonds is 3. The summed E-state index contributed by atoms with van der Waals surface area (Å²) >= 11 is 1.77. The van der Waals surface area contributed by atoms with E-state index in [9.17, 15) is 0 Å². The van der Waals surface area contributed by atoms with Gasteiger partial charge in [-0.2, -0.15) is 0 Å². The number of thioether (sulfide) groups is 1. The van der Waals surface area contributed by atoms with E-state index in [1.165, 1.54) is 10.6 Å². The third-order valence-electron chi connectivity index (χ3n) is 2.80. The van der Waals surface area contributed by atoms with Crippen LogP contribution in [0.1, 0.15) is 13.3 Å². The van der Waals surface area contributed by atoms with Gasteiger partial charge < -0.3 is 10.1 Å². The van der Waals surface area contributed by atoms with Gasteiger partial charge in [-0.25, -0.2) is 0 Å². The highest BCUT2D eigenvalue weighted by molar-refractivity contribution is 7.98. The van der Waals surface area contributed by atoms with Gasteiger partial charge in [0.2, 0.25) is 0 Å². The van der Waals surface area contributed by atoms with E-state index in [1.54, 1.807) is 11.8 Å². The molecule has 1 fully saturated rings. The van der Waals surface area contributed by atoms with Crippen LogP contribution in [-0.2, 0) is 4.74 Å². The molecule has 0 saturated carbocycles. The fourth-order valence-electron chi connectivity index (χ4n) is 1.85. The van der Waals surface area contributed by atoms with Crippen LogP contribution in [0.3, 0.4) is 0 Å². The highest BCUT2D eigenvalue weighted by atomic mass is 32.2. The van der Waals surface area contributed by atoms with Gasteiger partial charge in [0.25, 0.3) is 0 Å². The number of ether oxygens (including phenoxy) is 1. The summed E-state index contributed by atoms with van der Waals surface area (Å²) < 4.78 is 5.53. The summed E-state index contributed by atoms with van der Waals surface area (Å²) in [6.07, 6.45) is 3.52. The maximum atomic E-state index is 5.53. The normalized spacial score (nSPS) is 25.5. The van der Waals surface area contributed by atoms with Crippen LogP contribution in [0, 0.1) is 0 Å². The molecular weight excluding hydrogens is 206 g/mol. The third-order valence-corrected chi connectivity index (χ3v) is 3.52. The Hall–Kier alpha value is -0.670. The van der Waals surface area contributed by atoms with Crippen LogP contribution in [-0.4, -0.2) is 25.0 Å². The molecule has 2 rings (SSSR count). The molecule has 0 aromatic heterocycles. The first-order valence-electron chi connectivity index (χ1n) is 5.32. The second kappa shape index (κ2) is 4.90. The van der Waals surface area contributed by atoms with Crippen molar-refractivity contribution in [1.29, 1.82) is 0 Å². The van der Waals surface area contributed by atoms with E-state index in [-0.39, 0.29) is 0 Å². The van der Waals surface area contributed by atoms with Gasteiger partial charge in [0.1, 0.15) is 0 Å². The lowest BCUT2D eigenvalue weighted by atomic mass is 10.1. The van der Waals surface area contributed by atoms with E-state index in [4.69, 9.17) is 4.74 Å². The molecule has 2 atom stereocenters. The van der Waals surface area contributed by atoms with Gasteiger partial charge in [0.15, 0.2) is 0 Å². The minimum absolute atomic E-state index is 0.322. The van der Waals surface area contributed by atoms with Crippen LogP contribution < -0.4 is 5.32 Å².